The number of piperazine rings is 1. The molecule has 1 saturated carbocycles. The number of fused-ring (bicyclic) bond motifs is 1. The molecule has 0 bridgehead atoms. The van der Waals surface area contributed by atoms with Crippen LogP contribution in [0.4, 0.5) is 24.8 Å². The van der Waals surface area contributed by atoms with Crippen LogP contribution in [0.1, 0.15) is 49.2 Å². The number of aryl methyl sites for hydroxylation is 1. The van der Waals surface area contributed by atoms with Crippen LogP contribution in [-0.4, -0.2) is 52.1 Å². The zero-order valence-corrected chi connectivity index (χ0v) is 18.7. The van der Waals surface area contributed by atoms with E-state index in [1.165, 1.54) is 25.0 Å². The summed E-state index contributed by atoms with van der Waals surface area (Å²) in [7, 11) is 0. The molecule has 0 amide bonds. The molecule has 1 N–H and O–H groups in total. The van der Waals surface area contributed by atoms with Crippen LogP contribution in [0, 0.1) is 12.7 Å². The van der Waals surface area contributed by atoms with E-state index >= 15 is 0 Å². The molecule has 0 spiro atoms. The SMILES string of the molecule is Cc1nc(N[C@H](C)c2cccc(C(F)F)c2F)c2cc(N3CCN(C4CC4)CC3)ncc2n1. The molecule has 0 radical (unpaired) electrons. The molecule has 9 heteroatoms. The summed E-state index contributed by atoms with van der Waals surface area (Å²) in [6.07, 6.45) is 1.48. The second-order valence-electron chi connectivity index (χ2n) is 8.85. The molecular weight excluding hydrogens is 429 g/mol. The van der Waals surface area contributed by atoms with Crippen molar-refractivity contribution in [3.63, 3.8) is 0 Å². The first-order valence-electron chi connectivity index (χ1n) is 11.4. The van der Waals surface area contributed by atoms with Crippen LogP contribution in [0.25, 0.3) is 10.9 Å². The van der Waals surface area contributed by atoms with Crippen LogP contribution >= 0.6 is 0 Å². The van der Waals surface area contributed by atoms with E-state index in [9.17, 15) is 13.2 Å². The predicted molar refractivity (Wildman–Crippen MR) is 122 cm³/mol. The zero-order chi connectivity index (χ0) is 23.1. The Labute approximate surface area is 190 Å². The number of pyridine rings is 1. The van der Waals surface area contributed by atoms with Gasteiger partial charge in [0.25, 0.3) is 6.43 Å². The summed E-state index contributed by atoms with van der Waals surface area (Å²) in [6, 6.07) is 6.23. The summed E-state index contributed by atoms with van der Waals surface area (Å²) in [5.41, 5.74) is 0.253. The minimum absolute atomic E-state index is 0.169. The number of nitrogens with zero attached hydrogens (tertiary/aromatic N) is 5. The van der Waals surface area contributed by atoms with E-state index in [2.05, 4.69) is 30.1 Å². The number of hydrogen-bond acceptors (Lipinski definition) is 6. The third-order valence-corrected chi connectivity index (χ3v) is 6.49. The molecule has 174 valence electrons. The van der Waals surface area contributed by atoms with Crippen LogP contribution in [0.5, 0.6) is 0 Å². The van der Waals surface area contributed by atoms with Gasteiger partial charge in [-0.3, -0.25) is 4.90 Å². The molecule has 3 heterocycles. The van der Waals surface area contributed by atoms with Gasteiger partial charge in [-0.2, -0.15) is 0 Å². The summed E-state index contributed by atoms with van der Waals surface area (Å²) in [5.74, 6) is 1.05. The molecule has 1 aliphatic heterocycles. The molecule has 1 atom stereocenters. The average Bonchev–Trinajstić information content (AvgIpc) is 3.64. The van der Waals surface area contributed by atoms with E-state index in [0.717, 1.165) is 49.5 Å². The predicted octanol–water partition coefficient (Wildman–Crippen LogP) is 4.87. The molecule has 2 aromatic heterocycles. The molecule has 3 aromatic rings. The van der Waals surface area contributed by atoms with Crippen molar-refractivity contribution in [3.05, 3.63) is 53.2 Å². The summed E-state index contributed by atoms with van der Waals surface area (Å²) in [4.78, 5) is 18.5. The minimum atomic E-state index is -2.87. The quantitative estimate of drug-likeness (QED) is 0.571. The van der Waals surface area contributed by atoms with Crippen LogP contribution in [0.15, 0.2) is 30.5 Å². The second kappa shape index (κ2) is 8.78. The van der Waals surface area contributed by atoms with E-state index in [-0.39, 0.29) is 5.56 Å². The number of anilines is 2. The Hall–Kier alpha value is -2.94. The van der Waals surface area contributed by atoms with Gasteiger partial charge in [0.05, 0.1) is 23.3 Å². The van der Waals surface area contributed by atoms with Gasteiger partial charge in [-0.25, -0.2) is 28.1 Å². The summed E-state index contributed by atoms with van der Waals surface area (Å²) in [6.45, 7) is 7.38. The number of hydrogen-bond donors (Lipinski definition) is 1. The molecule has 2 fully saturated rings. The maximum atomic E-state index is 14.7. The lowest BCUT2D eigenvalue weighted by Crippen LogP contribution is -2.47. The number of halogens is 3. The Bertz CT molecular complexity index is 1160. The third kappa shape index (κ3) is 4.46. The highest BCUT2D eigenvalue weighted by atomic mass is 19.3. The normalized spacial score (nSPS) is 18.2. The van der Waals surface area contributed by atoms with Crippen LogP contribution in [0.3, 0.4) is 0 Å². The first-order valence-corrected chi connectivity index (χ1v) is 11.4. The van der Waals surface area contributed by atoms with Gasteiger partial charge in [-0.15, -0.1) is 0 Å². The van der Waals surface area contributed by atoms with Gasteiger partial charge in [0.2, 0.25) is 0 Å². The van der Waals surface area contributed by atoms with Gasteiger partial charge < -0.3 is 10.2 Å². The Kier molecular flexibility index (Phi) is 5.82. The van der Waals surface area contributed by atoms with Gasteiger partial charge in [-0.1, -0.05) is 18.2 Å². The van der Waals surface area contributed by atoms with Crippen LogP contribution < -0.4 is 10.2 Å². The van der Waals surface area contributed by atoms with Crippen molar-refractivity contribution in [1.29, 1.82) is 0 Å². The lowest BCUT2D eigenvalue weighted by atomic mass is 10.0. The monoisotopic (exact) mass is 456 g/mol. The van der Waals surface area contributed by atoms with Gasteiger partial charge in [0.1, 0.15) is 23.3 Å². The van der Waals surface area contributed by atoms with Crippen molar-refractivity contribution in [2.45, 2.75) is 45.2 Å². The van der Waals surface area contributed by atoms with E-state index in [1.807, 2.05) is 6.07 Å². The molecule has 1 aromatic carbocycles. The molecular formula is C24H27F3N6. The fourth-order valence-electron chi connectivity index (χ4n) is 4.53. The molecule has 6 nitrogen and oxygen atoms in total. The van der Waals surface area contributed by atoms with E-state index < -0.39 is 23.8 Å². The number of rotatable bonds is 6. The Morgan fingerprint density at radius 3 is 2.48 bits per heavy atom. The standard InChI is InChI=1S/C24H27F3N6/c1-14(17-4-3-5-18(22(17)25)23(26)27)29-24-19-12-21(28-13-20(19)30-15(2)31-24)33-10-8-32(9-11-33)16-6-7-16/h3-5,12-14,16,23H,6-11H2,1-2H3,(H,29,30,31)/t14-/m1/s1. The van der Waals surface area contributed by atoms with Gasteiger partial charge in [0, 0.05) is 43.2 Å². The third-order valence-electron chi connectivity index (χ3n) is 6.49. The second-order valence-corrected chi connectivity index (χ2v) is 8.85. The molecule has 2 aliphatic rings. The van der Waals surface area contributed by atoms with Crippen molar-refractivity contribution in [3.8, 4) is 0 Å². The van der Waals surface area contributed by atoms with Crippen molar-refractivity contribution in [2.24, 2.45) is 0 Å². The summed E-state index contributed by atoms with van der Waals surface area (Å²) in [5, 5.41) is 3.99. The van der Waals surface area contributed by atoms with E-state index in [4.69, 9.17) is 0 Å². The minimum Gasteiger partial charge on any atom is -0.363 e. The van der Waals surface area contributed by atoms with E-state index in [0.29, 0.717) is 17.2 Å². The number of nitrogens with one attached hydrogen (secondary N) is 1. The first-order chi connectivity index (χ1) is 15.9. The smallest absolute Gasteiger partial charge is 0.266 e. The highest BCUT2D eigenvalue weighted by molar-refractivity contribution is 5.90. The molecule has 5 rings (SSSR count). The zero-order valence-electron chi connectivity index (χ0n) is 18.7. The number of aromatic nitrogens is 3. The Balaban J connectivity index is 1.43. The average molecular weight is 457 g/mol. The van der Waals surface area contributed by atoms with Gasteiger partial charge in [0.15, 0.2) is 0 Å². The van der Waals surface area contributed by atoms with Crippen LogP contribution in [0.2, 0.25) is 0 Å². The molecule has 0 unspecified atom stereocenters. The number of alkyl halides is 2. The lowest BCUT2D eigenvalue weighted by molar-refractivity contribution is 0.146. The Morgan fingerprint density at radius 2 is 1.79 bits per heavy atom. The van der Waals surface area contributed by atoms with Gasteiger partial charge >= 0.3 is 0 Å². The fourth-order valence-corrected chi connectivity index (χ4v) is 4.53. The number of benzene rings is 1. The van der Waals surface area contributed by atoms with Crippen molar-refractivity contribution in [1.82, 2.24) is 19.9 Å². The highest BCUT2D eigenvalue weighted by Gasteiger charge is 2.31. The fraction of sp³-hybridized carbons (Fsp3) is 0.458. The molecule has 1 aliphatic carbocycles. The van der Waals surface area contributed by atoms with Crippen molar-refractivity contribution in [2.75, 3.05) is 36.4 Å². The first kappa shape index (κ1) is 21.9. The van der Waals surface area contributed by atoms with Gasteiger partial charge in [-0.05, 0) is 32.8 Å². The lowest BCUT2D eigenvalue weighted by Gasteiger charge is -2.35. The van der Waals surface area contributed by atoms with Crippen molar-refractivity contribution < 1.29 is 13.2 Å². The summed E-state index contributed by atoms with van der Waals surface area (Å²) >= 11 is 0. The largest absolute Gasteiger partial charge is 0.363 e. The maximum absolute atomic E-state index is 14.7. The topological polar surface area (TPSA) is 57.2 Å². The maximum Gasteiger partial charge on any atom is 0.266 e. The van der Waals surface area contributed by atoms with Crippen LogP contribution in [-0.2, 0) is 0 Å². The van der Waals surface area contributed by atoms with Crippen molar-refractivity contribution >= 4 is 22.5 Å². The molecule has 1 saturated heterocycles. The summed E-state index contributed by atoms with van der Waals surface area (Å²) < 4.78 is 41.0. The molecule has 33 heavy (non-hydrogen) atoms. The highest BCUT2D eigenvalue weighted by Crippen LogP contribution is 2.32. The Morgan fingerprint density at radius 1 is 1.06 bits per heavy atom. The van der Waals surface area contributed by atoms with E-state index in [1.54, 1.807) is 20.0 Å².